The highest BCUT2D eigenvalue weighted by molar-refractivity contribution is 7.80. The van der Waals surface area contributed by atoms with Gasteiger partial charge in [0.05, 0.1) is 11.6 Å². The van der Waals surface area contributed by atoms with Crippen molar-refractivity contribution in [2.45, 2.75) is 65.5 Å². The second kappa shape index (κ2) is 6.79. The zero-order valence-corrected chi connectivity index (χ0v) is 16.9. The lowest BCUT2D eigenvalue weighted by atomic mass is 9.85. The molecule has 0 unspecified atom stereocenters. The van der Waals surface area contributed by atoms with Gasteiger partial charge >= 0.3 is 5.97 Å². The van der Waals surface area contributed by atoms with Crippen molar-refractivity contribution >= 4 is 23.3 Å². The predicted molar refractivity (Wildman–Crippen MR) is 105 cm³/mol. The molecule has 0 saturated heterocycles. The summed E-state index contributed by atoms with van der Waals surface area (Å²) in [6, 6.07) is 7.97. The first-order valence-corrected chi connectivity index (χ1v) is 8.91. The van der Waals surface area contributed by atoms with Crippen LogP contribution >= 0.6 is 12.2 Å². The lowest BCUT2D eigenvalue weighted by molar-refractivity contribution is -0.150. The first-order valence-electron chi connectivity index (χ1n) is 8.50. The summed E-state index contributed by atoms with van der Waals surface area (Å²) in [6.07, 6.45) is 0. The quantitative estimate of drug-likeness (QED) is 0.614. The maximum atomic E-state index is 12.7. The molecule has 0 radical (unpaired) electrons. The molecule has 0 saturated carbocycles. The van der Waals surface area contributed by atoms with Gasteiger partial charge in [-0.1, -0.05) is 45.0 Å². The van der Waals surface area contributed by atoms with E-state index in [0.29, 0.717) is 10.7 Å². The van der Waals surface area contributed by atoms with Crippen molar-refractivity contribution < 1.29 is 9.53 Å². The largest absolute Gasteiger partial charge is 0.456 e. The molecule has 2 N–H and O–H groups in total. The Balaban J connectivity index is 2.40. The van der Waals surface area contributed by atoms with Gasteiger partial charge in [-0.2, -0.15) is 0 Å². The molecule has 1 aromatic rings. The van der Waals surface area contributed by atoms with E-state index in [1.165, 1.54) is 5.56 Å². The minimum atomic E-state index is -0.553. The summed E-state index contributed by atoms with van der Waals surface area (Å²) in [6.45, 7) is 14.0. The number of benzene rings is 1. The minimum absolute atomic E-state index is 0.0785. The number of allylic oxidation sites excluding steroid dienone is 1. The van der Waals surface area contributed by atoms with E-state index in [-0.39, 0.29) is 17.4 Å². The monoisotopic (exact) mass is 360 g/mol. The van der Waals surface area contributed by atoms with E-state index < -0.39 is 5.60 Å². The van der Waals surface area contributed by atoms with Crippen LogP contribution in [0.2, 0.25) is 0 Å². The van der Waals surface area contributed by atoms with Crippen molar-refractivity contribution in [3.8, 4) is 0 Å². The molecule has 5 heteroatoms. The fourth-order valence-electron chi connectivity index (χ4n) is 2.72. The summed E-state index contributed by atoms with van der Waals surface area (Å²) in [5.74, 6) is -0.336. The smallest absolute Gasteiger partial charge is 0.338 e. The van der Waals surface area contributed by atoms with Crippen molar-refractivity contribution in [2.24, 2.45) is 0 Å². The summed E-state index contributed by atoms with van der Waals surface area (Å²) in [4.78, 5) is 12.7. The van der Waals surface area contributed by atoms with Crippen molar-refractivity contribution in [1.82, 2.24) is 10.6 Å². The second-order valence-electron chi connectivity index (χ2n) is 8.44. The fraction of sp³-hybridized carbons (Fsp3) is 0.500. The molecule has 0 bridgehead atoms. The van der Waals surface area contributed by atoms with Gasteiger partial charge in [-0.05, 0) is 56.5 Å². The summed E-state index contributed by atoms with van der Waals surface area (Å²) in [7, 11) is 0. The Labute approximate surface area is 156 Å². The van der Waals surface area contributed by atoms with Crippen LogP contribution in [0.5, 0.6) is 0 Å². The average Bonchev–Trinajstić information content (AvgIpc) is 2.43. The standard InChI is InChI=1S/C20H28N2O2S/c1-12-15(17(23)24-20(5,6)7)16(22-18(25)21-12)13-8-10-14(11-9-13)19(2,3)4/h8-11,16H,1-7H3,(H2,21,22,25)/t16-/m1/s1. The maximum Gasteiger partial charge on any atom is 0.338 e. The zero-order chi connectivity index (χ0) is 19.0. The summed E-state index contributed by atoms with van der Waals surface area (Å²) < 4.78 is 5.59. The Morgan fingerprint density at radius 2 is 1.64 bits per heavy atom. The Bertz CT molecular complexity index is 707. The Morgan fingerprint density at radius 3 is 2.12 bits per heavy atom. The molecule has 25 heavy (non-hydrogen) atoms. The molecule has 0 aromatic heterocycles. The van der Waals surface area contributed by atoms with Gasteiger partial charge in [0.2, 0.25) is 0 Å². The van der Waals surface area contributed by atoms with Crippen molar-refractivity contribution in [3.63, 3.8) is 0 Å². The van der Waals surface area contributed by atoms with Crippen molar-refractivity contribution in [1.29, 1.82) is 0 Å². The summed E-state index contributed by atoms with van der Waals surface area (Å²) in [5.41, 5.74) is 3.04. The molecule has 4 nitrogen and oxygen atoms in total. The van der Waals surface area contributed by atoms with Gasteiger partial charge in [0.1, 0.15) is 5.60 Å². The molecular weight excluding hydrogens is 332 g/mol. The van der Waals surface area contributed by atoms with Gasteiger partial charge in [0.25, 0.3) is 0 Å². The van der Waals surface area contributed by atoms with Crippen LogP contribution in [0.3, 0.4) is 0 Å². The highest BCUT2D eigenvalue weighted by Gasteiger charge is 2.33. The van der Waals surface area contributed by atoms with Gasteiger partial charge in [0.15, 0.2) is 5.11 Å². The van der Waals surface area contributed by atoms with Crippen LogP contribution in [0.4, 0.5) is 0 Å². The van der Waals surface area contributed by atoms with E-state index in [1.54, 1.807) is 0 Å². The number of carbonyl (C=O) groups excluding carboxylic acids is 1. The van der Waals surface area contributed by atoms with Crippen LogP contribution < -0.4 is 10.6 Å². The zero-order valence-electron chi connectivity index (χ0n) is 16.1. The third-order valence-corrected chi connectivity index (χ3v) is 4.22. The van der Waals surface area contributed by atoms with Crippen molar-refractivity contribution in [3.05, 3.63) is 46.7 Å². The lowest BCUT2D eigenvalue weighted by Gasteiger charge is -2.32. The van der Waals surface area contributed by atoms with E-state index in [0.717, 1.165) is 11.3 Å². The van der Waals surface area contributed by atoms with Crippen molar-refractivity contribution in [2.75, 3.05) is 0 Å². The third kappa shape index (κ3) is 4.82. The topological polar surface area (TPSA) is 50.4 Å². The highest BCUT2D eigenvalue weighted by Crippen LogP contribution is 2.31. The van der Waals surface area contributed by atoms with E-state index in [4.69, 9.17) is 17.0 Å². The maximum absolute atomic E-state index is 12.7. The lowest BCUT2D eigenvalue weighted by Crippen LogP contribution is -2.45. The number of esters is 1. The SMILES string of the molecule is CC1=C(C(=O)OC(C)(C)C)[C@@H](c2ccc(C(C)(C)C)cc2)NC(=S)N1. The van der Waals surface area contributed by atoms with Gasteiger partial charge in [-0.25, -0.2) is 4.79 Å². The molecule has 1 aromatic carbocycles. The number of thiocarbonyl (C=S) groups is 1. The molecule has 0 aliphatic carbocycles. The van der Waals surface area contributed by atoms with E-state index in [1.807, 2.05) is 39.8 Å². The Kier molecular flexibility index (Phi) is 5.28. The number of hydrogen-bond acceptors (Lipinski definition) is 3. The number of carbonyl (C=O) groups is 1. The number of ether oxygens (including phenoxy) is 1. The fourth-order valence-corrected chi connectivity index (χ4v) is 2.99. The van der Waals surface area contributed by atoms with Crippen LogP contribution in [-0.4, -0.2) is 16.7 Å². The van der Waals surface area contributed by atoms with Gasteiger partial charge in [-0.15, -0.1) is 0 Å². The number of rotatable bonds is 2. The van der Waals surface area contributed by atoms with Crippen LogP contribution in [-0.2, 0) is 14.9 Å². The summed E-state index contributed by atoms with van der Waals surface area (Å²) >= 11 is 5.29. The second-order valence-corrected chi connectivity index (χ2v) is 8.85. The van der Waals surface area contributed by atoms with Crippen LogP contribution in [0.15, 0.2) is 35.5 Å². The molecule has 0 amide bonds. The van der Waals surface area contributed by atoms with E-state index in [2.05, 4.69) is 43.5 Å². The third-order valence-electron chi connectivity index (χ3n) is 4.00. The van der Waals surface area contributed by atoms with E-state index >= 15 is 0 Å². The average molecular weight is 361 g/mol. The summed E-state index contributed by atoms with van der Waals surface area (Å²) in [5, 5.41) is 6.74. The normalized spacial score (nSPS) is 18.5. The Hall–Kier alpha value is -1.88. The molecule has 1 aliphatic heterocycles. The number of hydrogen-bond donors (Lipinski definition) is 2. The van der Waals surface area contributed by atoms with Crippen LogP contribution in [0, 0.1) is 0 Å². The minimum Gasteiger partial charge on any atom is -0.456 e. The molecule has 1 aliphatic rings. The van der Waals surface area contributed by atoms with E-state index in [9.17, 15) is 4.79 Å². The van der Waals surface area contributed by atoms with Gasteiger partial charge in [-0.3, -0.25) is 0 Å². The van der Waals surface area contributed by atoms with Gasteiger partial charge in [0, 0.05) is 5.70 Å². The predicted octanol–water partition coefficient (Wildman–Crippen LogP) is 4.12. The molecule has 1 heterocycles. The molecule has 0 fully saturated rings. The molecule has 0 spiro atoms. The highest BCUT2D eigenvalue weighted by atomic mass is 32.1. The molecule has 136 valence electrons. The Morgan fingerprint density at radius 1 is 1.08 bits per heavy atom. The molecular formula is C20H28N2O2S. The first-order chi connectivity index (χ1) is 11.4. The van der Waals surface area contributed by atoms with Gasteiger partial charge < -0.3 is 15.4 Å². The van der Waals surface area contributed by atoms with Crippen LogP contribution in [0.1, 0.15) is 65.6 Å². The molecule has 2 rings (SSSR count). The van der Waals surface area contributed by atoms with Crippen LogP contribution in [0.25, 0.3) is 0 Å². The number of nitrogens with one attached hydrogen (secondary N) is 2. The molecule has 1 atom stereocenters. The first kappa shape index (κ1) is 19.4.